The molecular weight excluding hydrogens is 166 g/mol. The van der Waals surface area contributed by atoms with Crippen molar-refractivity contribution in [1.82, 2.24) is 5.32 Å². The van der Waals surface area contributed by atoms with Gasteiger partial charge in [0, 0.05) is 6.61 Å². The molecule has 0 aliphatic carbocycles. The Hall–Kier alpha value is -0.410. The molecule has 1 heterocycles. The highest BCUT2D eigenvalue weighted by molar-refractivity contribution is 5.85. The molecule has 1 atom stereocenters. The molecular formula is C10H19NO2. The van der Waals surface area contributed by atoms with Gasteiger partial charge in [0.25, 0.3) is 0 Å². The summed E-state index contributed by atoms with van der Waals surface area (Å²) in [6.45, 7) is 3.78. The second kappa shape index (κ2) is 6.11. The van der Waals surface area contributed by atoms with Gasteiger partial charge >= 0.3 is 0 Å². The van der Waals surface area contributed by atoms with Crippen LogP contribution in [0.2, 0.25) is 0 Å². The smallest absolute Gasteiger partial charge is 0.175 e. The van der Waals surface area contributed by atoms with Crippen LogP contribution in [0.25, 0.3) is 0 Å². The lowest BCUT2D eigenvalue weighted by Gasteiger charge is -2.13. The lowest BCUT2D eigenvalue weighted by atomic mass is 10.1. The van der Waals surface area contributed by atoms with Crippen LogP contribution in [0.15, 0.2) is 0 Å². The highest BCUT2D eigenvalue weighted by atomic mass is 16.5. The Bertz CT molecular complexity index is 151. The third-order valence-electron chi connectivity index (χ3n) is 2.40. The molecule has 1 aliphatic heterocycles. The third kappa shape index (κ3) is 3.87. The van der Waals surface area contributed by atoms with Crippen LogP contribution in [0.3, 0.4) is 0 Å². The Morgan fingerprint density at radius 1 is 1.46 bits per heavy atom. The third-order valence-corrected chi connectivity index (χ3v) is 2.40. The first-order valence-electron chi connectivity index (χ1n) is 5.18. The van der Waals surface area contributed by atoms with Gasteiger partial charge in [0.1, 0.15) is 6.61 Å². The Balaban J connectivity index is 2.26. The van der Waals surface area contributed by atoms with Crippen molar-refractivity contribution >= 4 is 5.78 Å². The number of carbonyl (C=O) groups excluding carboxylic acids is 1. The van der Waals surface area contributed by atoms with Crippen LogP contribution in [0.5, 0.6) is 0 Å². The van der Waals surface area contributed by atoms with Crippen molar-refractivity contribution in [2.45, 2.75) is 38.6 Å². The van der Waals surface area contributed by atoms with Crippen molar-refractivity contribution in [2.24, 2.45) is 0 Å². The highest BCUT2D eigenvalue weighted by Crippen LogP contribution is 2.09. The van der Waals surface area contributed by atoms with E-state index in [0.29, 0.717) is 6.61 Å². The van der Waals surface area contributed by atoms with Crippen LogP contribution >= 0.6 is 0 Å². The minimum atomic E-state index is 0.0500. The predicted molar refractivity (Wildman–Crippen MR) is 51.8 cm³/mol. The molecule has 0 amide bonds. The lowest BCUT2D eigenvalue weighted by Crippen LogP contribution is -2.38. The molecule has 76 valence electrons. The maximum absolute atomic E-state index is 11.5. The summed E-state index contributed by atoms with van der Waals surface area (Å²) in [5, 5.41) is 3.26. The zero-order valence-corrected chi connectivity index (χ0v) is 8.34. The molecule has 0 aromatic heterocycles. The first-order chi connectivity index (χ1) is 6.34. The molecule has 3 heteroatoms. The Labute approximate surface area is 79.8 Å². The van der Waals surface area contributed by atoms with Crippen molar-refractivity contribution in [3.8, 4) is 0 Å². The first kappa shape index (κ1) is 10.7. The van der Waals surface area contributed by atoms with E-state index in [1.54, 1.807) is 0 Å². The molecule has 1 rings (SSSR count). The molecule has 1 N–H and O–H groups in total. The fourth-order valence-electron chi connectivity index (χ4n) is 1.61. The van der Waals surface area contributed by atoms with Gasteiger partial charge in [0.15, 0.2) is 5.78 Å². The fraction of sp³-hybridized carbons (Fsp3) is 0.900. The van der Waals surface area contributed by atoms with Crippen LogP contribution < -0.4 is 5.32 Å². The molecule has 0 radical (unpaired) electrons. The average molecular weight is 185 g/mol. The number of hydrogen-bond donors (Lipinski definition) is 1. The summed E-state index contributed by atoms with van der Waals surface area (Å²) in [6, 6.07) is 0.0500. The zero-order chi connectivity index (χ0) is 9.52. The molecule has 1 aliphatic rings. The summed E-state index contributed by atoms with van der Waals surface area (Å²) in [7, 11) is 0. The van der Waals surface area contributed by atoms with Crippen molar-refractivity contribution in [3.05, 3.63) is 0 Å². The Morgan fingerprint density at radius 3 is 3.08 bits per heavy atom. The maximum atomic E-state index is 11.5. The predicted octanol–water partition coefficient (Wildman–Crippen LogP) is 1.12. The van der Waals surface area contributed by atoms with E-state index in [0.717, 1.165) is 19.4 Å². The molecule has 0 bridgehead atoms. The second-order valence-corrected chi connectivity index (χ2v) is 3.46. The zero-order valence-electron chi connectivity index (χ0n) is 8.34. The van der Waals surface area contributed by atoms with E-state index in [-0.39, 0.29) is 18.4 Å². The summed E-state index contributed by atoms with van der Waals surface area (Å²) >= 11 is 0. The minimum Gasteiger partial charge on any atom is -0.374 e. The maximum Gasteiger partial charge on any atom is 0.175 e. The van der Waals surface area contributed by atoms with Crippen LogP contribution in [-0.4, -0.2) is 31.6 Å². The topological polar surface area (TPSA) is 38.3 Å². The van der Waals surface area contributed by atoms with Crippen molar-refractivity contribution < 1.29 is 9.53 Å². The minimum absolute atomic E-state index is 0.0500. The van der Waals surface area contributed by atoms with Gasteiger partial charge < -0.3 is 10.1 Å². The van der Waals surface area contributed by atoms with E-state index in [1.807, 2.05) is 6.92 Å². The number of ether oxygens (including phenoxy) is 1. The number of carbonyl (C=O) groups is 1. The molecule has 0 aromatic carbocycles. The molecule has 0 aromatic rings. The molecule has 1 saturated heterocycles. The summed E-state index contributed by atoms with van der Waals surface area (Å²) in [5.74, 6) is 0.212. The Morgan fingerprint density at radius 2 is 2.31 bits per heavy atom. The second-order valence-electron chi connectivity index (χ2n) is 3.46. The van der Waals surface area contributed by atoms with E-state index >= 15 is 0 Å². The first-order valence-corrected chi connectivity index (χ1v) is 5.18. The number of ketones is 1. The molecule has 0 spiro atoms. The molecule has 1 unspecified atom stereocenters. The molecule has 1 fully saturated rings. The van der Waals surface area contributed by atoms with E-state index in [4.69, 9.17) is 4.74 Å². The normalized spacial score (nSPS) is 23.9. The van der Waals surface area contributed by atoms with Gasteiger partial charge in [-0.25, -0.2) is 0 Å². The quantitative estimate of drug-likeness (QED) is 0.713. The van der Waals surface area contributed by atoms with Gasteiger partial charge in [-0.3, -0.25) is 4.79 Å². The van der Waals surface area contributed by atoms with Crippen molar-refractivity contribution in [2.75, 3.05) is 19.8 Å². The van der Waals surface area contributed by atoms with Gasteiger partial charge in [0.2, 0.25) is 0 Å². The van der Waals surface area contributed by atoms with Crippen molar-refractivity contribution in [3.63, 3.8) is 0 Å². The summed E-state index contributed by atoms with van der Waals surface area (Å²) < 4.78 is 5.10. The van der Waals surface area contributed by atoms with Gasteiger partial charge in [-0.15, -0.1) is 0 Å². The average Bonchev–Trinajstić information content (AvgIpc) is 2.42. The summed E-state index contributed by atoms with van der Waals surface area (Å²) in [5.41, 5.74) is 0. The van der Waals surface area contributed by atoms with E-state index in [9.17, 15) is 4.79 Å². The monoisotopic (exact) mass is 185 g/mol. The van der Waals surface area contributed by atoms with Crippen LogP contribution in [0, 0.1) is 0 Å². The molecule has 3 nitrogen and oxygen atoms in total. The van der Waals surface area contributed by atoms with E-state index < -0.39 is 0 Å². The highest BCUT2D eigenvalue weighted by Gasteiger charge is 2.18. The molecule has 0 saturated carbocycles. The lowest BCUT2D eigenvalue weighted by molar-refractivity contribution is -0.125. The summed E-state index contributed by atoms with van der Waals surface area (Å²) in [4.78, 5) is 11.5. The van der Waals surface area contributed by atoms with Crippen LogP contribution in [-0.2, 0) is 9.53 Å². The van der Waals surface area contributed by atoms with Gasteiger partial charge in [-0.1, -0.05) is 12.8 Å². The van der Waals surface area contributed by atoms with Gasteiger partial charge in [0.05, 0.1) is 6.04 Å². The van der Waals surface area contributed by atoms with E-state index in [1.165, 1.54) is 12.8 Å². The van der Waals surface area contributed by atoms with Crippen LogP contribution in [0.1, 0.15) is 32.6 Å². The Kier molecular flexibility index (Phi) is 5.01. The van der Waals surface area contributed by atoms with Gasteiger partial charge in [-0.2, -0.15) is 0 Å². The largest absolute Gasteiger partial charge is 0.374 e. The van der Waals surface area contributed by atoms with Gasteiger partial charge in [-0.05, 0) is 26.3 Å². The number of rotatable bonds is 4. The molecule has 13 heavy (non-hydrogen) atoms. The van der Waals surface area contributed by atoms with E-state index in [2.05, 4.69) is 5.32 Å². The fourth-order valence-corrected chi connectivity index (χ4v) is 1.61. The number of hydrogen-bond acceptors (Lipinski definition) is 3. The summed E-state index contributed by atoms with van der Waals surface area (Å²) in [6.07, 6.45) is 4.57. The SMILES string of the molecule is CCOCC(=O)C1CCCCCN1. The number of Topliss-reactive ketones (excluding diaryl/α,β-unsaturated/α-hetero) is 1. The number of nitrogens with one attached hydrogen (secondary N) is 1. The van der Waals surface area contributed by atoms with Crippen LogP contribution in [0.4, 0.5) is 0 Å². The standard InChI is InChI=1S/C10H19NO2/c1-2-13-8-10(12)9-6-4-3-5-7-11-9/h9,11H,2-8H2,1H3. The van der Waals surface area contributed by atoms with Crippen molar-refractivity contribution in [1.29, 1.82) is 0 Å².